The van der Waals surface area contributed by atoms with Gasteiger partial charge in [0.25, 0.3) is 0 Å². The Morgan fingerprint density at radius 2 is 2.00 bits per heavy atom. The van der Waals surface area contributed by atoms with Crippen LogP contribution in [0, 0.1) is 0 Å². The minimum Gasteiger partial charge on any atom is -0.385 e. The number of likely N-dealkylation sites (N-methyl/N-ethyl adjacent to an activating group) is 1. The molecule has 0 aliphatic heterocycles. The highest BCUT2D eigenvalue weighted by Crippen LogP contribution is 2.08. The van der Waals surface area contributed by atoms with E-state index in [4.69, 9.17) is 0 Å². The summed E-state index contributed by atoms with van der Waals surface area (Å²) in [5, 5.41) is 15.9. The predicted molar refractivity (Wildman–Crippen MR) is 74.1 cm³/mol. The smallest absolute Gasteiger partial charge is 0.221 e. The molecule has 0 saturated carbocycles. The Bertz CT molecular complexity index is 313. The van der Waals surface area contributed by atoms with Crippen molar-refractivity contribution in [3.63, 3.8) is 0 Å². The number of hydrogen-bond acceptors (Lipinski definition) is 4. The normalized spacial score (nSPS) is 16.3. The first kappa shape index (κ1) is 17.8. The molecule has 6 heteroatoms. The van der Waals surface area contributed by atoms with Gasteiger partial charge in [0.2, 0.25) is 5.91 Å². The lowest BCUT2D eigenvalue weighted by Gasteiger charge is -2.38. The molecule has 1 amide bonds. The van der Waals surface area contributed by atoms with Crippen LogP contribution in [0.2, 0.25) is 0 Å². The lowest BCUT2D eigenvalue weighted by Crippen LogP contribution is -2.64. The summed E-state index contributed by atoms with van der Waals surface area (Å²) < 4.78 is 0.404. The molecule has 19 heavy (non-hydrogen) atoms. The third-order valence-electron chi connectivity index (χ3n) is 2.76. The SMILES string of the molecule is C=CC(NC(=O)CC)NC(C(O)CC=O)[N+](C)(C)C. The minimum atomic E-state index is -0.835. The van der Waals surface area contributed by atoms with Gasteiger partial charge in [0, 0.05) is 12.8 Å². The fourth-order valence-electron chi connectivity index (χ4n) is 1.71. The van der Waals surface area contributed by atoms with Crippen LogP contribution in [-0.2, 0) is 9.59 Å². The van der Waals surface area contributed by atoms with E-state index in [1.807, 2.05) is 21.1 Å². The number of quaternary nitrogens is 1. The van der Waals surface area contributed by atoms with Crippen LogP contribution < -0.4 is 10.6 Å². The summed E-state index contributed by atoms with van der Waals surface area (Å²) in [5.41, 5.74) is 0. The van der Waals surface area contributed by atoms with Crippen LogP contribution in [0.4, 0.5) is 0 Å². The molecule has 0 aromatic heterocycles. The number of amides is 1. The summed E-state index contributed by atoms with van der Waals surface area (Å²) in [6, 6.07) is 0. The summed E-state index contributed by atoms with van der Waals surface area (Å²) >= 11 is 0. The molecule has 0 aromatic carbocycles. The molecule has 0 rings (SSSR count). The maximum absolute atomic E-state index is 11.4. The quantitative estimate of drug-likeness (QED) is 0.231. The number of aldehydes is 1. The average Bonchev–Trinajstić information content (AvgIpc) is 2.32. The van der Waals surface area contributed by atoms with Crippen LogP contribution in [0.25, 0.3) is 0 Å². The van der Waals surface area contributed by atoms with Gasteiger partial charge in [0.1, 0.15) is 18.6 Å². The number of carbonyl (C=O) groups is 2. The summed E-state index contributed by atoms with van der Waals surface area (Å²) in [7, 11) is 5.69. The van der Waals surface area contributed by atoms with Gasteiger partial charge >= 0.3 is 0 Å². The third-order valence-corrected chi connectivity index (χ3v) is 2.76. The number of nitrogens with zero attached hydrogens (tertiary/aromatic N) is 1. The Morgan fingerprint density at radius 1 is 1.42 bits per heavy atom. The highest BCUT2D eigenvalue weighted by Gasteiger charge is 2.32. The van der Waals surface area contributed by atoms with E-state index in [9.17, 15) is 14.7 Å². The van der Waals surface area contributed by atoms with Crippen molar-refractivity contribution in [2.45, 2.75) is 38.2 Å². The van der Waals surface area contributed by atoms with Crippen molar-refractivity contribution in [3.05, 3.63) is 12.7 Å². The van der Waals surface area contributed by atoms with Crippen molar-refractivity contribution in [1.29, 1.82) is 0 Å². The zero-order chi connectivity index (χ0) is 15.1. The maximum Gasteiger partial charge on any atom is 0.221 e. The van der Waals surface area contributed by atoms with E-state index >= 15 is 0 Å². The third kappa shape index (κ3) is 6.47. The molecule has 6 nitrogen and oxygen atoms in total. The molecule has 0 bridgehead atoms. The highest BCUT2D eigenvalue weighted by atomic mass is 16.3. The van der Waals surface area contributed by atoms with Gasteiger partial charge in [0.15, 0.2) is 6.17 Å². The van der Waals surface area contributed by atoms with Crippen molar-refractivity contribution in [2.75, 3.05) is 21.1 Å². The zero-order valence-corrected chi connectivity index (χ0v) is 12.2. The second-order valence-electron chi connectivity index (χ2n) is 5.33. The molecule has 0 saturated heterocycles. The van der Waals surface area contributed by atoms with Gasteiger partial charge < -0.3 is 19.7 Å². The molecular weight excluding hydrogens is 246 g/mol. The van der Waals surface area contributed by atoms with E-state index < -0.39 is 18.4 Å². The number of rotatable bonds is 9. The first-order chi connectivity index (χ1) is 8.76. The monoisotopic (exact) mass is 272 g/mol. The molecule has 110 valence electrons. The van der Waals surface area contributed by atoms with Gasteiger partial charge in [-0.15, -0.1) is 0 Å². The van der Waals surface area contributed by atoms with Crippen molar-refractivity contribution in [1.82, 2.24) is 10.6 Å². The van der Waals surface area contributed by atoms with Crippen LogP contribution >= 0.6 is 0 Å². The second kappa shape index (κ2) is 8.04. The van der Waals surface area contributed by atoms with Crippen molar-refractivity contribution in [2.24, 2.45) is 0 Å². The molecule has 3 N–H and O–H groups in total. The number of hydrogen-bond donors (Lipinski definition) is 3. The van der Waals surface area contributed by atoms with Crippen LogP contribution in [0.3, 0.4) is 0 Å². The predicted octanol–water partition coefficient (Wildman–Crippen LogP) is -0.403. The largest absolute Gasteiger partial charge is 0.385 e. The molecule has 0 heterocycles. The molecule has 0 aliphatic carbocycles. The Labute approximate surface area is 115 Å². The summed E-state index contributed by atoms with van der Waals surface area (Å²) in [4.78, 5) is 21.9. The van der Waals surface area contributed by atoms with Gasteiger partial charge in [-0.05, 0) is 0 Å². The van der Waals surface area contributed by atoms with E-state index in [2.05, 4.69) is 17.2 Å². The molecule has 3 unspecified atom stereocenters. The molecule has 0 spiro atoms. The topological polar surface area (TPSA) is 78.4 Å². The molecular formula is C13H26N3O3+. The van der Waals surface area contributed by atoms with Crippen LogP contribution in [0.5, 0.6) is 0 Å². The van der Waals surface area contributed by atoms with Crippen molar-refractivity contribution in [3.8, 4) is 0 Å². The fourth-order valence-corrected chi connectivity index (χ4v) is 1.71. The van der Waals surface area contributed by atoms with Gasteiger partial charge in [-0.2, -0.15) is 0 Å². The lowest BCUT2D eigenvalue weighted by atomic mass is 10.1. The summed E-state index contributed by atoms with van der Waals surface area (Å²) in [5.74, 6) is -0.109. The van der Waals surface area contributed by atoms with Crippen LogP contribution in [0.1, 0.15) is 19.8 Å². The summed E-state index contributed by atoms with van der Waals surface area (Å²) in [6.07, 6.45) is 0.975. The standard InChI is InChI=1S/C13H25N3O3/c1-6-11(14-12(19)7-2)15-13(16(3,4)5)10(18)8-9-17/h6,9-11,13,15,18H,1,7-8H2,2-5H3/p+1. The first-order valence-electron chi connectivity index (χ1n) is 6.37. The number of nitrogens with one attached hydrogen (secondary N) is 2. The Morgan fingerprint density at radius 3 is 2.37 bits per heavy atom. The molecule has 0 fully saturated rings. The van der Waals surface area contributed by atoms with Gasteiger partial charge in [-0.25, -0.2) is 5.32 Å². The lowest BCUT2D eigenvalue weighted by molar-refractivity contribution is -0.903. The zero-order valence-electron chi connectivity index (χ0n) is 12.2. The number of carbonyl (C=O) groups excluding carboxylic acids is 2. The minimum absolute atomic E-state index is 0.0405. The van der Waals surface area contributed by atoms with Crippen LogP contribution in [0.15, 0.2) is 12.7 Å². The van der Waals surface area contributed by atoms with E-state index in [0.29, 0.717) is 17.2 Å². The van der Waals surface area contributed by atoms with Gasteiger partial charge in [-0.3, -0.25) is 4.79 Å². The van der Waals surface area contributed by atoms with E-state index in [0.717, 1.165) is 0 Å². The van der Waals surface area contributed by atoms with Gasteiger partial charge in [-0.1, -0.05) is 19.6 Å². The fraction of sp³-hybridized carbons (Fsp3) is 0.692. The van der Waals surface area contributed by atoms with E-state index in [1.54, 1.807) is 13.0 Å². The average molecular weight is 272 g/mol. The maximum atomic E-state index is 11.4. The number of aliphatic hydroxyl groups excluding tert-OH is 1. The molecule has 0 radical (unpaired) electrons. The molecule has 3 atom stereocenters. The Kier molecular flexibility index (Phi) is 7.51. The summed E-state index contributed by atoms with van der Waals surface area (Å²) in [6.45, 7) is 5.41. The highest BCUT2D eigenvalue weighted by molar-refractivity contribution is 5.75. The number of aliphatic hydroxyl groups is 1. The van der Waals surface area contributed by atoms with E-state index in [-0.39, 0.29) is 12.3 Å². The van der Waals surface area contributed by atoms with Crippen LogP contribution in [-0.4, -0.2) is 61.4 Å². The molecule has 0 aromatic rings. The Balaban J connectivity index is 4.82. The first-order valence-corrected chi connectivity index (χ1v) is 6.37. The van der Waals surface area contributed by atoms with E-state index in [1.165, 1.54) is 0 Å². The Hall–Kier alpha value is -1.24. The molecule has 0 aliphatic rings. The van der Waals surface area contributed by atoms with Crippen molar-refractivity contribution < 1.29 is 19.2 Å². The van der Waals surface area contributed by atoms with Crippen molar-refractivity contribution >= 4 is 12.2 Å². The van der Waals surface area contributed by atoms with Gasteiger partial charge in [0.05, 0.1) is 21.1 Å². The second-order valence-corrected chi connectivity index (χ2v) is 5.33.